The number of quaternary nitrogens is 1. The summed E-state index contributed by atoms with van der Waals surface area (Å²) in [7, 11) is -4.33. The van der Waals surface area contributed by atoms with Crippen LogP contribution < -0.4 is 0 Å². The van der Waals surface area contributed by atoms with E-state index in [2.05, 4.69) is 11.9 Å². The number of ketones is 1. The fraction of sp³-hybridized carbons (Fsp3) is 0.920. The fourth-order valence-corrected chi connectivity index (χ4v) is 5.52. The highest BCUT2D eigenvalue weighted by Crippen LogP contribution is 2.20. The van der Waals surface area contributed by atoms with E-state index in [0.717, 1.165) is 19.3 Å². The number of amidine groups is 1. The third kappa shape index (κ3) is 13.3. The van der Waals surface area contributed by atoms with Gasteiger partial charge in [-0.2, -0.15) is 8.42 Å². The van der Waals surface area contributed by atoms with E-state index in [1.165, 1.54) is 70.6 Å². The molecule has 0 saturated heterocycles. The maximum atomic E-state index is 12.8. The van der Waals surface area contributed by atoms with E-state index in [9.17, 15) is 23.4 Å². The minimum absolute atomic E-state index is 0.0232. The fourth-order valence-electron chi connectivity index (χ4n) is 4.93. The Morgan fingerprint density at radius 2 is 1.44 bits per heavy atom. The third-order valence-corrected chi connectivity index (χ3v) is 7.54. The Kier molecular flexibility index (Phi) is 16.1. The first kappa shape index (κ1) is 31.2. The van der Waals surface area contributed by atoms with Crippen molar-refractivity contribution in [1.29, 1.82) is 0 Å². The predicted molar refractivity (Wildman–Crippen MR) is 137 cm³/mol. The predicted octanol–water partition coefficient (Wildman–Crippen LogP) is 3.90. The van der Waals surface area contributed by atoms with Crippen LogP contribution in [0.5, 0.6) is 0 Å². The molecule has 1 heterocycles. The average molecular weight is 506 g/mol. The molecule has 2 unspecified atom stereocenters. The monoisotopic (exact) mass is 505 g/mol. The van der Waals surface area contributed by atoms with Crippen molar-refractivity contribution < 1.29 is 32.5 Å². The number of unbranched alkanes of at least 4 members (excludes halogenated alkanes) is 13. The summed E-state index contributed by atoms with van der Waals surface area (Å²) in [6, 6.07) is 0. The van der Waals surface area contributed by atoms with Crippen LogP contribution in [0.4, 0.5) is 0 Å². The van der Waals surface area contributed by atoms with Crippen molar-refractivity contribution in [2.75, 3.05) is 38.5 Å². The van der Waals surface area contributed by atoms with Gasteiger partial charge in [-0.3, -0.25) is 13.8 Å². The molecule has 0 aromatic heterocycles. The minimum atomic E-state index is -4.33. The van der Waals surface area contributed by atoms with Crippen molar-refractivity contribution in [3.05, 3.63) is 0 Å². The Morgan fingerprint density at radius 3 is 1.91 bits per heavy atom. The van der Waals surface area contributed by atoms with Crippen LogP contribution in [0.1, 0.15) is 103 Å². The van der Waals surface area contributed by atoms with Gasteiger partial charge in [0.25, 0.3) is 16.0 Å². The molecule has 0 aliphatic carbocycles. The molecule has 0 radical (unpaired) electrons. The van der Waals surface area contributed by atoms with Gasteiger partial charge in [-0.05, 0) is 6.42 Å². The summed E-state index contributed by atoms with van der Waals surface area (Å²) in [4.78, 5) is 17.2. The second-order valence-corrected chi connectivity index (χ2v) is 11.4. The topological polar surface area (TPSA) is 124 Å². The summed E-state index contributed by atoms with van der Waals surface area (Å²) < 4.78 is 31.2. The summed E-state index contributed by atoms with van der Waals surface area (Å²) in [6.07, 6.45) is 16.5. The van der Waals surface area contributed by atoms with Gasteiger partial charge in [0.15, 0.2) is 0 Å². The van der Waals surface area contributed by atoms with E-state index in [-0.39, 0.29) is 30.0 Å². The molecule has 1 aliphatic heterocycles. The zero-order valence-electron chi connectivity index (χ0n) is 21.3. The number of Topliss-reactive ketones (excluding diaryl/α,β-unsaturated/α-hetero) is 1. The summed E-state index contributed by atoms with van der Waals surface area (Å²) in [5.74, 6) is -0.569. The molecule has 9 heteroatoms. The molecule has 1 rings (SSSR count). The van der Waals surface area contributed by atoms with E-state index in [1.807, 2.05) is 0 Å². The van der Waals surface area contributed by atoms with Crippen molar-refractivity contribution in [3.63, 3.8) is 0 Å². The molecule has 0 aromatic carbocycles. The standard InChI is InChI=1S/C25H48N2O6S/c1-2-3-4-5-6-7-8-9-10-11-12-13-14-15-16-24(30)25-26-17-18-27(25,19-20-28)21-23(29)22-34(31,32)33/h23,28-29H,2-22H2,1H3/p+1. The lowest BCUT2D eigenvalue weighted by Gasteiger charge is -2.34. The number of aliphatic hydroxyl groups is 2. The van der Waals surface area contributed by atoms with Crippen molar-refractivity contribution in [1.82, 2.24) is 0 Å². The highest BCUT2D eigenvalue weighted by Gasteiger charge is 2.43. The third-order valence-electron chi connectivity index (χ3n) is 6.74. The van der Waals surface area contributed by atoms with E-state index in [4.69, 9.17) is 4.55 Å². The number of hydrogen-bond donors (Lipinski definition) is 3. The summed E-state index contributed by atoms with van der Waals surface area (Å²) in [5.41, 5.74) is 0. The first-order chi connectivity index (χ1) is 16.2. The largest absolute Gasteiger partial charge is 0.390 e. The molecule has 1 aliphatic rings. The molecule has 0 amide bonds. The van der Waals surface area contributed by atoms with E-state index < -0.39 is 22.0 Å². The molecule has 2 atom stereocenters. The van der Waals surface area contributed by atoms with Crippen LogP contribution in [-0.2, 0) is 14.9 Å². The Hall–Kier alpha value is -0.870. The van der Waals surface area contributed by atoms with Crippen LogP contribution >= 0.6 is 0 Å². The Bertz CT molecular complexity index is 698. The maximum Gasteiger partial charge on any atom is 0.267 e. The number of nitrogens with zero attached hydrogens (tertiary/aromatic N) is 2. The van der Waals surface area contributed by atoms with E-state index >= 15 is 0 Å². The average Bonchev–Trinajstić information content (AvgIpc) is 3.15. The number of hydrogen-bond acceptors (Lipinski definition) is 6. The van der Waals surface area contributed by atoms with Crippen LogP contribution in [0.25, 0.3) is 0 Å². The number of aliphatic imine (C=N–C) groups is 1. The van der Waals surface area contributed by atoms with Gasteiger partial charge in [-0.1, -0.05) is 90.4 Å². The van der Waals surface area contributed by atoms with Crippen LogP contribution in [0.3, 0.4) is 0 Å². The molecule has 0 bridgehead atoms. The molecular weight excluding hydrogens is 456 g/mol. The maximum absolute atomic E-state index is 12.8. The highest BCUT2D eigenvalue weighted by molar-refractivity contribution is 7.85. The van der Waals surface area contributed by atoms with Crippen molar-refractivity contribution in [2.24, 2.45) is 4.99 Å². The molecule has 3 N–H and O–H groups in total. The summed E-state index contributed by atoms with van der Waals surface area (Å²) in [5, 5.41) is 19.7. The lowest BCUT2D eigenvalue weighted by molar-refractivity contribution is -0.837. The number of carbonyl (C=O) groups is 1. The van der Waals surface area contributed by atoms with Gasteiger partial charge in [0.1, 0.15) is 31.5 Å². The minimum Gasteiger partial charge on any atom is -0.390 e. The van der Waals surface area contributed by atoms with Gasteiger partial charge >= 0.3 is 0 Å². The van der Waals surface area contributed by atoms with Crippen LogP contribution in [-0.4, -0.2) is 83.9 Å². The molecule has 0 saturated carbocycles. The van der Waals surface area contributed by atoms with Gasteiger partial charge in [-0.15, -0.1) is 0 Å². The molecule has 8 nitrogen and oxygen atoms in total. The molecule has 0 fully saturated rings. The second kappa shape index (κ2) is 17.5. The Morgan fingerprint density at radius 1 is 0.941 bits per heavy atom. The van der Waals surface area contributed by atoms with E-state index in [1.54, 1.807) is 0 Å². The van der Waals surface area contributed by atoms with Crippen molar-refractivity contribution in [2.45, 2.75) is 109 Å². The van der Waals surface area contributed by atoms with Gasteiger partial charge < -0.3 is 10.2 Å². The highest BCUT2D eigenvalue weighted by atomic mass is 32.2. The zero-order chi connectivity index (χ0) is 25.3. The number of aliphatic hydroxyl groups excluding tert-OH is 2. The van der Waals surface area contributed by atoms with Gasteiger partial charge in [0.05, 0.1) is 13.2 Å². The van der Waals surface area contributed by atoms with Gasteiger partial charge in [-0.25, -0.2) is 4.99 Å². The number of rotatable bonds is 22. The normalized spacial score (nSPS) is 19.4. The lowest BCUT2D eigenvalue weighted by Crippen LogP contribution is -2.59. The zero-order valence-corrected chi connectivity index (χ0v) is 22.1. The SMILES string of the molecule is CCCCCCCCCCCCCCCCC(=O)C1=NCC[N+]1(CCO)CC(O)CS(=O)(=O)O. The smallest absolute Gasteiger partial charge is 0.267 e. The Labute approximate surface area is 207 Å². The van der Waals surface area contributed by atoms with Crippen molar-refractivity contribution >= 4 is 21.7 Å². The molecule has 0 spiro atoms. The van der Waals surface area contributed by atoms with Crippen LogP contribution in [0.2, 0.25) is 0 Å². The lowest BCUT2D eigenvalue weighted by atomic mass is 10.0. The molecule has 0 aromatic rings. The van der Waals surface area contributed by atoms with E-state index in [0.29, 0.717) is 25.3 Å². The summed E-state index contributed by atoms with van der Waals surface area (Å²) in [6.45, 7) is 3.00. The van der Waals surface area contributed by atoms with Gasteiger partial charge in [0, 0.05) is 6.42 Å². The van der Waals surface area contributed by atoms with Crippen molar-refractivity contribution in [3.8, 4) is 0 Å². The molecule has 34 heavy (non-hydrogen) atoms. The molecule has 200 valence electrons. The summed E-state index contributed by atoms with van der Waals surface area (Å²) >= 11 is 0. The number of carbonyl (C=O) groups excluding carboxylic acids is 1. The molecular formula is C25H49N2O6S+. The quantitative estimate of drug-likeness (QED) is 0.116. The Balaban J connectivity index is 2.24. The second-order valence-electron chi connectivity index (χ2n) is 9.88. The first-order valence-electron chi connectivity index (χ1n) is 13.4. The van der Waals surface area contributed by atoms with Gasteiger partial charge in [0.2, 0.25) is 5.78 Å². The van der Waals surface area contributed by atoms with Crippen LogP contribution in [0, 0.1) is 0 Å². The van der Waals surface area contributed by atoms with Crippen LogP contribution in [0.15, 0.2) is 4.99 Å². The first-order valence-corrected chi connectivity index (χ1v) is 15.0.